The molecule has 1 aliphatic rings. The number of hydrogen-bond acceptors (Lipinski definition) is 2. The normalized spacial score (nSPS) is 16.0. The average molecular weight is 356 g/mol. The number of nitrogens with zero attached hydrogens (tertiary/aromatic N) is 2. The van der Waals surface area contributed by atoms with Crippen LogP contribution in [0.3, 0.4) is 0 Å². The van der Waals surface area contributed by atoms with Gasteiger partial charge >= 0.3 is 0 Å². The van der Waals surface area contributed by atoms with Gasteiger partial charge in [0.05, 0.1) is 10.0 Å². The van der Waals surface area contributed by atoms with E-state index in [1.165, 1.54) is 5.56 Å². The van der Waals surface area contributed by atoms with Crippen LogP contribution in [-0.2, 0) is 6.54 Å². The highest BCUT2D eigenvalue weighted by Crippen LogP contribution is 2.28. The Hall–Kier alpha value is -0.930. The summed E-state index contributed by atoms with van der Waals surface area (Å²) in [4.78, 5) is 4.76. The molecule has 1 aliphatic heterocycles. The van der Waals surface area contributed by atoms with E-state index in [2.05, 4.69) is 15.9 Å². The van der Waals surface area contributed by atoms with Crippen LogP contribution >= 0.6 is 34.8 Å². The molecule has 0 aliphatic carbocycles. The standard InChI is InChI=1S/C17H17Cl3N2/c18-15-4-2-1-3-13(15)12-21-7-9-22(10-8-21)14-5-6-16(19)17(20)11-14/h1-6,11H,7-10,12H2. The Labute approximate surface area is 146 Å². The lowest BCUT2D eigenvalue weighted by molar-refractivity contribution is 0.250. The Balaban J connectivity index is 1.60. The summed E-state index contributed by atoms with van der Waals surface area (Å²) in [5.74, 6) is 0. The third-order valence-corrected chi connectivity index (χ3v) is 5.10. The molecule has 0 atom stereocenters. The molecule has 1 fully saturated rings. The maximum absolute atomic E-state index is 6.24. The Morgan fingerprint density at radius 1 is 0.773 bits per heavy atom. The van der Waals surface area contributed by atoms with E-state index < -0.39 is 0 Å². The average Bonchev–Trinajstić information content (AvgIpc) is 2.53. The first-order valence-corrected chi connectivity index (χ1v) is 8.42. The van der Waals surface area contributed by atoms with Gasteiger partial charge in [0, 0.05) is 43.4 Å². The van der Waals surface area contributed by atoms with Crippen molar-refractivity contribution < 1.29 is 0 Å². The molecule has 0 unspecified atom stereocenters. The second-order valence-corrected chi connectivity index (χ2v) is 6.67. The molecule has 1 saturated heterocycles. The van der Waals surface area contributed by atoms with Gasteiger partial charge in [-0.1, -0.05) is 53.0 Å². The van der Waals surface area contributed by atoms with Crippen LogP contribution < -0.4 is 4.90 Å². The zero-order valence-corrected chi connectivity index (χ0v) is 14.4. The summed E-state index contributed by atoms with van der Waals surface area (Å²) >= 11 is 18.3. The van der Waals surface area contributed by atoms with Crippen LogP contribution in [0.5, 0.6) is 0 Å². The van der Waals surface area contributed by atoms with Crippen LogP contribution in [0.1, 0.15) is 5.56 Å². The fourth-order valence-corrected chi connectivity index (χ4v) is 3.20. The molecule has 0 bridgehead atoms. The summed E-state index contributed by atoms with van der Waals surface area (Å²) < 4.78 is 0. The van der Waals surface area contributed by atoms with Gasteiger partial charge in [-0.25, -0.2) is 0 Å². The van der Waals surface area contributed by atoms with Crippen molar-refractivity contribution in [2.24, 2.45) is 0 Å². The van der Waals surface area contributed by atoms with E-state index >= 15 is 0 Å². The van der Waals surface area contributed by atoms with Gasteiger partial charge < -0.3 is 4.90 Å². The summed E-state index contributed by atoms with van der Waals surface area (Å²) in [7, 11) is 0. The molecule has 0 amide bonds. The van der Waals surface area contributed by atoms with Gasteiger partial charge in [0.25, 0.3) is 0 Å². The molecule has 0 radical (unpaired) electrons. The SMILES string of the molecule is Clc1ccc(N2CCN(Cc3ccccc3Cl)CC2)cc1Cl. The molecule has 0 aromatic heterocycles. The van der Waals surface area contributed by atoms with Crippen molar-refractivity contribution in [3.8, 4) is 0 Å². The molecule has 2 nitrogen and oxygen atoms in total. The van der Waals surface area contributed by atoms with E-state index in [9.17, 15) is 0 Å². The van der Waals surface area contributed by atoms with Gasteiger partial charge in [-0.2, -0.15) is 0 Å². The van der Waals surface area contributed by atoms with Crippen molar-refractivity contribution in [1.82, 2.24) is 4.90 Å². The van der Waals surface area contributed by atoms with E-state index in [0.29, 0.717) is 10.0 Å². The summed E-state index contributed by atoms with van der Waals surface area (Å²) in [6.07, 6.45) is 0. The Bertz CT molecular complexity index is 652. The Kier molecular flexibility index (Phi) is 5.14. The van der Waals surface area contributed by atoms with Crippen molar-refractivity contribution in [2.75, 3.05) is 31.1 Å². The molecule has 22 heavy (non-hydrogen) atoms. The smallest absolute Gasteiger partial charge is 0.0612 e. The molecular formula is C17H17Cl3N2. The number of anilines is 1. The highest BCUT2D eigenvalue weighted by atomic mass is 35.5. The summed E-state index contributed by atoms with van der Waals surface area (Å²) in [6, 6.07) is 13.9. The quantitative estimate of drug-likeness (QED) is 0.767. The molecule has 5 heteroatoms. The number of piperazine rings is 1. The van der Waals surface area contributed by atoms with E-state index in [4.69, 9.17) is 34.8 Å². The lowest BCUT2D eigenvalue weighted by Crippen LogP contribution is -2.46. The lowest BCUT2D eigenvalue weighted by Gasteiger charge is -2.36. The third-order valence-electron chi connectivity index (χ3n) is 3.99. The molecular weight excluding hydrogens is 339 g/mol. The second-order valence-electron chi connectivity index (χ2n) is 5.45. The van der Waals surface area contributed by atoms with Crippen molar-refractivity contribution >= 4 is 40.5 Å². The minimum atomic E-state index is 0.600. The lowest BCUT2D eigenvalue weighted by atomic mass is 10.2. The molecule has 0 spiro atoms. The van der Waals surface area contributed by atoms with Crippen LogP contribution in [0.4, 0.5) is 5.69 Å². The van der Waals surface area contributed by atoms with Gasteiger partial charge in [0.1, 0.15) is 0 Å². The summed E-state index contributed by atoms with van der Waals surface area (Å²) in [6.45, 7) is 4.86. The molecule has 116 valence electrons. The van der Waals surface area contributed by atoms with Gasteiger partial charge in [-0.05, 0) is 29.8 Å². The number of rotatable bonds is 3. The van der Waals surface area contributed by atoms with E-state index in [-0.39, 0.29) is 0 Å². The predicted molar refractivity (Wildman–Crippen MR) is 95.4 cm³/mol. The van der Waals surface area contributed by atoms with Crippen LogP contribution in [0.25, 0.3) is 0 Å². The highest BCUT2D eigenvalue weighted by molar-refractivity contribution is 6.42. The number of hydrogen-bond donors (Lipinski definition) is 0. The van der Waals surface area contributed by atoms with Crippen LogP contribution in [0, 0.1) is 0 Å². The second kappa shape index (κ2) is 7.10. The van der Waals surface area contributed by atoms with Crippen molar-refractivity contribution in [1.29, 1.82) is 0 Å². The Morgan fingerprint density at radius 3 is 2.18 bits per heavy atom. The molecule has 0 saturated carbocycles. The maximum atomic E-state index is 6.24. The first-order valence-electron chi connectivity index (χ1n) is 7.29. The van der Waals surface area contributed by atoms with Crippen LogP contribution in [0.15, 0.2) is 42.5 Å². The van der Waals surface area contributed by atoms with Crippen LogP contribution in [-0.4, -0.2) is 31.1 Å². The van der Waals surface area contributed by atoms with Gasteiger partial charge in [0.15, 0.2) is 0 Å². The minimum absolute atomic E-state index is 0.600. The summed E-state index contributed by atoms with van der Waals surface area (Å²) in [5.41, 5.74) is 2.32. The first kappa shape index (κ1) is 15.9. The molecule has 1 heterocycles. The number of halogens is 3. The fourth-order valence-electron chi connectivity index (χ4n) is 2.71. The van der Waals surface area contributed by atoms with Gasteiger partial charge in [-0.15, -0.1) is 0 Å². The maximum Gasteiger partial charge on any atom is 0.0612 e. The Morgan fingerprint density at radius 2 is 1.50 bits per heavy atom. The van der Waals surface area contributed by atoms with E-state index in [1.807, 2.05) is 36.4 Å². The monoisotopic (exact) mass is 354 g/mol. The third kappa shape index (κ3) is 3.69. The largest absolute Gasteiger partial charge is 0.369 e. The van der Waals surface area contributed by atoms with E-state index in [1.54, 1.807) is 0 Å². The molecule has 2 aromatic rings. The zero-order valence-electron chi connectivity index (χ0n) is 12.1. The van der Waals surface area contributed by atoms with Crippen molar-refractivity contribution in [3.63, 3.8) is 0 Å². The zero-order chi connectivity index (χ0) is 15.5. The van der Waals surface area contributed by atoms with E-state index in [0.717, 1.165) is 43.4 Å². The molecule has 0 N–H and O–H groups in total. The summed E-state index contributed by atoms with van der Waals surface area (Å²) in [5, 5.41) is 2.05. The fraction of sp³-hybridized carbons (Fsp3) is 0.294. The minimum Gasteiger partial charge on any atom is -0.369 e. The van der Waals surface area contributed by atoms with Crippen molar-refractivity contribution in [2.45, 2.75) is 6.54 Å². The van der Waals surface area contributed by atoms with Crippen molar-refractivity contribution in [3.05, 3.63) is 63.1 Å². The molecule has 3 rings (SSSR count). The first-order chi connectivity index (χ1) is 10.6. The van der Waals surface area contributed by atoms with Gasteiger partial charge in [-0.3, -0.25) is 4.90 Å². The van der Waals surface area contributed by atoms with Crippen LogP contribution in [0.2, 0.25) is 15.1 Å². The molecule has 2 aromatic carbocycles. The topological polar surface area (TPSA) is 6.48 Å². The highest BCUT2D eigenvalue weighted by Gasteiger charge is 2.18. The predicted octanol–water partition coefficient (Wildman–Crippen LogP) is 4.97. The number of benzene rings is 2. The van der Waals surface area contributed by atoms with Gasteiger partial charge in [0.2, 0.25) is 0 Å².